The molecular weight excluding hydrogens is 384 g/mol. The molecule has 0 N–H and O–H groups in total. The molecule has 0 spiro atoms. The maximum absolute atomic E-state index is 12.3. The van der Waals surface area contributed by atoms with Crippen LogP contribution in [-0.4, -0.2) is 44.1 Å². The molecule has 7 nitrogen and oxygen atoms in total. The highest BCUT2D eigenvalue weighted by Gasteiger charge is 2.19. The molecule has 0 aliphatic carbocycles. The van der Waals surface area contributed by atoms with E-state index in [4.69, 9.17) is 18.9 Å². The first kappa shape index (κ1) is 21.2. The highest BCUT2D eigenvalue weighted by molar-refractivity contribution is 5.84. The van der Waals surface area contributed by atoms with Crippen molar-refractivity contribution in [3.8, 4) is 45.5 Å². The molecule has 1 heterocycles. The molecule has 0 aliphatic heterocycles. The Labute approximate surface area is 176 Å². The molecule has 0 saturated heterocycles. The number of rotatable bonds is 7. The minimum atomic E-state index is -0.183. The van der Waals surface area contributed by atoms with E-state index in [9.17, 15) is 4.79 Å². The van der Waals surface area contributed by atoms with Crippen LogP contribution in [0.2, 0.25) is 0 Å². The summed E-state index contributed by atoms with van der Waals surface area (Å²) in [6.07, 6.45) is 0.810. The maximum Gasteiger partial charge on any atom is 0.244 e. The van der Waals surface area contributed by atoms with E-state index in [0.29, 0.717) is 28.6 Å². The van der Waals surface area contributed by atoms with Gasteiger partial charge in [-0.25, -0.2) is 0 Å². The van der Waals surface area contributed by atoms with Gasteiger partial charge in [-0.05, 0) is 48.4 Å². The van der Waals surface area contributed by atoms with Crippen molar-refractivity contribution in [3.05, 3.63) is 42.0 Å². The summed E-state index contributed by atoms with van der Waals surface area (Å²) < 4.78 is 23.1. The fourth-order valence-electron chi connectivity index (χ4n) is 3.41. The van der Waals surface area contributed by atoms with Gasteiger partial charge in [-0.2, -0.15) is 9.78 Å². The third-order valence-electron chi connectivity index (χ3n) is 4.93. The zero-order valence-electron chi connectivity index (χ0n) is 18.1. The number of ether oxygens (including phenoxy) is 4. The monoisotopic (exact) mass is 410 g/mol. The average Bonchev–Trinajstić information content (AvgIpc) is 3.23. The summed E-state index contributed by atoms with van der Waals surface area (Å²) in [6, 6.07) is 11.3. The maximum atomic E-state index is 12.3. The second-order valence-electron chi connectivity index (χ2n) is 6.64. The lowest BCUT2D eigenvalue weighted by Gasteiger charge is -2.13. The molecule has 1 aromatic heterocycles. The van der Waals surface area contributed by atoms with Gasteiger partial charge in [0.1, 0.15) is 5.75 Å². The van der Waals surface area contributed by atoms with Gasteiger partial charge in [0.25, 0.3) is 0 Å². The van der Waals surface area contributed by atoms with Crippen LogP contribution in [0, 0.1) is 0 Å². The first-order valence-electron chi connectivity index (χ1n) is 9.56. The van der Waals surface area contributed by atoms with Gasteiger partial charge in [-0.15, -0.1) is 0 Å². The summed E-state index contributed by atoms with van der Waals surface area (Å²) in [7, 11) is 6.32. The predicted octanol–water partition coefficient (Wildman–Crippen LogP) is 4.47. The number of hydrogen-bond donors (Lipinski definition) is 0. The fraction of sp³-hybridized carbons (Fsp3) is 0.304. The van der Waals surface area contributed by atoms with Gasteiger partial charge in [0.2, 0.25) is 11.7 Å². The fourth-order valence-corrected chi connectivity index (χ4v) is 3.41. The van der Waals surface area contributed by atoms with Crippen molar-refractivity contribution in [2.75, 3.05) is 28.4 Å². The minimum absolute atomic E-state index is 0.183. The molecule has 0 aliphatic rings. The van der Waals surface area contributed by atoms with Crippen LogP contribution in [0.3, 0.4) is 0 Å². The normalized spacial score (nSPS) is 10.6. The summed E-state index contributed by atoms with van der Waals surface area (Å²) in [5, 5.41) is 4.54. The Hall–Kier alpha value is -3.48. The van der Waals surface area contributed by atoms with Gasteiger partial charge < -0.3 is 18.9 Å². The summed E-state index contributed by atoms with van der Waals surface area (Å²) in [6.45, 7) is 3.55. The molecule has 0 atom stereocenters. The van der Waals surface area contributed by atoms with Gasteiger partial charge in [-0.1, -0.05) is 6.92 Å². The summed E-state index contributed by atoms with van der Waals surface area (Å²) >= 11 is 0. The third-order valence-corrected chi connectivity index (χ3v) is 4.93. The third kappa shape index (κ3) is 3.83. The van der Waals surface area contributed by atoms with Crippen LogP contribution >= 0.6 is 0 Å². The van der Waals surface area contributed by atoms with E-state index < -0.39 is 0 Å². The Morgan fingerprint density at radius 2 is 1.50 bits per heavy atom. The Bertz CT molecular complexity index is 1050. The lowest BCUT2D eigenvalue weighted by molar-refractivity contribution is 0.0923. The number of nitrogens with zero attached hydrogens (tertiary/aromatic N) is 2. The van der Waals surface area contributed by atoms with Crippen LogP contribution in [0.4, 0.5) is 0 Å². The molecule has 0 bridgehead atoms. The van der Waals surface area contributed by atoms with E-state index in [0.717, 1.165) is 28.9 Å². The topological polar surface area (TPSA) is 71.8 Å². The lowest BCUT2D eigenvalue weighted by Crippen LogP contribution is -2.09. The SMILES string of the molecule is CCc1cc(-c2cc(-c3cc(OC)c(OC)c(OC)c3)nn2C(C)=O)ccc1OC. The number of carbonyl (C=O) groups excluding carboxylic acids is 1. The van der Waals surface area contributed by atoms with Crippen molar-refractivity contribution < 1.29 is 23.7 Å². The van der Waals surface area contributed by atoms with E-state index in [2.05, 4.69) is 12.0 Å². The Morgan fingerprint density at radius 1 is 0.867 bits per heavy atom. The summed E-state index contributed by atoms with van der Waals surface area (Å²) in [4.78, 5) is 12.3. The lowest BCUT2D eigenvalue weighted by atomic mass is 10.0. The number of benzene rings is 2. The van der Waals surface area contributed by atoms with Crippen LogP contribution in [0.15, 0.2) is 36.4 Å². The molecule has 0 radical (unpaired) electrons. The second kappa shape index (κ2) is 8.90. The van der Waals surface area contributed by atoms with Gasteiger partial charge in [0, 0.05) is 18.1 Å². The molecule has 0 amide bonds. The van der Waals surface area contributed by atoms with Crippen molar-refractivity contribution in [2.45, 2.75) is 20.3 Å². The first-order valence-corrected chi connectivity index (χ1v) is 9.56. The van der Waals surface area contributed by atoms with E-state index >= 15 is 0 Å². The Kier molecular flexibility index (Phi) is 6.30. The molecule has 2 aromatic carbocycles. The number of carbonyl (C=O) groups is 1. The van der Waals surface area contributed by atoms with Crippen LogP contribution < -0.4 is 18.9 Å². The zero-order chi connectivity index (χ0) is 21.8. The largest absolute Gasteiger partial charge is 0.496 e. The van der Waals surface area contributed by atoms with E-state index in [-0.39, 0.29) is 5.91 Å². The number of aromatic nitrogens is 2. The highest BCUT2D eigenvalue weighted by Crippen LogP contribution is 2.41. The van der Waals surface area contributed by atoms with Gasteiger partial charge in [0.05, 0.1) is 39.8 Å². The van der Waals surface area contributed by atoms with Crippen molar-refractivity contribution >= 4 is 5.91 Å². The van der Waals surface area contributed by atoms with E-state index in [1.54, 1.807) is 28.4 Å². The number of aryl methyl sites for hydroxylation is 1. The predicted molar refractivity (Wildman–Crippen MR) is 115 cm³/mol. The van der Waals surface area contributed by atoms with Gasteiger partial charge in [0.15, 0.2) is 11.5 Å². The Morgan fingerprint density at radius 3 is 2.00 bits per heavy atom. The molecule has 7 heteroatoms. The standard InChI is InChI=1S/C23H26N2O5/c1-7-15-10-16(8-9-20(15)27-3)19-13-18(24-25(19)14(2)26)17-11-21(28-4)23(30-6)22(12-17)29-5/h8-13H,7H2,1-6H3. The molecule has 3 aromatic rings. The van der Waals surface area contributed by atoms with Gasteiger partial charge >= 0.3 is 0 Å². The summed E-state index contributed by atoms with van der Waals surface area (Å²) in [5.74, 6) is 2.17. The van der Waals surface area contributed by atoms with Gasteiger partial charge in [-0.3, -0.25) is 4.79 Å². The summed E-state index contributed by atoms with van der Waals surface area (Å²) in [5.41, 5.74) is 4.00. The molecule has 0 unspecified atom stereocenters. The van der Waals surface area contributed by atoms with Crippen LogP contribution in [-0.2, 0) is 6.42 Å². The minimum Gasteiger partial charge on any atom is -0.496 e. The van der Waals surface area contributed by atoms with E-state index in [1.807, 2.05) is 36.4 Å². The van der Waals surface area contributed by atoms with Crippen LogP contribution in [0.1, 0.15) is 24.2 Å². The smallest absolute Gasteiger partial charge is 0.244 e. The molecule has 30 heavy (non-hydrogen) atoms. The average molecular weight is 410 g/mol. The van der Waals surface area contributed by atoms with Crippen LogP contribution in [0.5, 0.6) is 23.0 Å². The molecule has 0 saturated carbocycles. The highest BCUT2D eigenvalue weighted by atomic mass is 16.5. The second-order valence-corrected chi connectivity index (χ2v) is 6.64. The van der Waals surface area contributed by atoms with Crippen molar-refractivity contribution in [2.24, 2.45) is 0 Å². The molecule has 3 rings (SSSR count). The first-order chi connectivity index (χ1) is 14.5. The van der Waals surface area contributed by atoms with Crippen molar-refractivity contribution in [3.63, 3.8) is 0 Å². The molecular formula is C23H26N2O5. The zero-order valence-corrected chi connectivity index (χ0v) is 18.1. The van der Waals surface area contributed by atoms with E-state index in [1.165, 1.54) is 11.6 Å². The quantitative estimate of drug-likeness (QED) is 0.572. The molecule has 0 fully saturated rings. The number of methoxy groups -OCH3 is 4. The van der Waals surface area contributed by atoms with Crippen molar-refractivity contribution in [1.82, 2.24) is 9.78 Å². The van der Waals surface area contributed by atoms with Crippen LogP contribution in [0.25, 0.3) is 22.5 Å². The number of hydrogen-bond acceptors (Lipinski definition) is 6. The van der Waals surface area contributed by atoms with Crippen molar-refractivity contribution in [1.29, 1.82) is 0 Å². The Balaban J connectivity index is 2.18. The molecule has 158 valence electrons.